The van der Waals surface area contributed by atoms with Crippen LogP contribution in [-0.2, 0) is 6.42 Å². The van der Waals surface area contributed by atoms with Crippen LogP contribution < -0.4 is 5.43 Å². The van der Waals surface area contributed by atoms with E-state index in [0.717, 1.165) is 23.4 Å². The first kappa shape index (κ1) is 17.8. The number of nitrogens with zero attached hydrogens (tertiary/aromatic N) is 3. The fourth-order valence-corrected chi connectivity index (χ4v) is 3.24. The molecule has 0 unspecified atom stereocenters. The van der Waals surface area contributed by atoms with Gasteiger partial charge in [0.05, 0.1) is 11.4 Å². The molecule has 1 N–H and O–H groups in total. The van der Waals surface area contributed by atoms with Gasteiger partial charge in [0.25, 0.3) is 0 Å². The molecule has 0 radical (unpaired) electrons. The standard InChI is InChI=1S/C21H20N4S/c1-4-16-6-9-18(10-7-16)24-25-19(12-22)21-23-20(13-26-21)17-8-5-14(2)15(3)11-17/h5-11,13,24H,4H2,1-3H3/b25-19+. The number of aromatic nitrogens is 1. The van der Waals surface area contributed by atoms with Crippen LogP contribution in [0.1, 0.15) is 28.6 Å². The lowest BCUT2D eigenvalue weighted by Gasteiger charge is -2.03. The molecule has 0 aliphatic heterocycles. The topological polar surface area (TPSA) is 61.1 Å². The molecule has 0 atom stereocenters. The number of nitriles is 1. The quantitative estimate of drug-likeness (QED) is 0.494. The number of hydrazone groups is 1. The van der Waals surface area contributed by atoms with Crippen LogP contribution in [-0.4, -0.2) is 10.7 Å². The van der Waals surface area contributed by atoms with Crippen molar-refractivity contribution in [2.45, 2.75) is 27.2 Å². The summed E-state index contributed by atoms with van der Waals surface area (Å²) < 4.78 is 0. The summed E-state index contributed by atoms with van der Waals surface area (Å²) in [6.45, 7) is 6.29. The van der Waals surface area contributed by atoms with Crippen LogP contribution in [0, 0.1) is 25.2 Å². The van der Waals surface area contributed by atoms with E-state index in [4.69, 9.17) is 0 Å². The maximum atomic E-state index is 9.45. The van der Waals surface area contributed by atoms with E-state index in [1.807, 2.05) is 29.6 Å². The van der Waals surface area contributed by atoms with Gasteiger partial charge in [0.2, 0.25) is 0 Å². The summed E-state index contributed by atoms with van der Waals surface area (Å²) in [7, 11) is 0. The summed E-state index contributed by atoms with van der Waals surface area (Å²) in [6, 6.07) is 16.4. The fourth-order valence-electron chi connectivity index (χ4n) is 2.47. The maximum Gasteiger partial charge on any atom is 0.196 e. The van der Waals surface area contributed by atoms with Gasteiger partial charge in [0, 0.05) is 10.9 Å². The lowest BCUT2D eigenvalue weighted by molar-refractivity contribution is 1.14. The van der Waals surface area contributed by atoms with Crippen molar-refractivity contribution < 1.29 is 0 Å². The fraction of sp³-hybridized carbons (Fsp3) is 0.190. The minimum atomic E-state index is 0.282. The van der Waals surface area contributed by atoms with Crippen molar-refractivity contribution in [3.8, 4) is 17.3 Å². The molecule has 3 aromatic rings. The summed E-state index contributed by atoms with van der Waals surface area (Å²) in [6.07, 6.45) is 0.993. The second kappa shape index (κ2) is 7.94. The van der Waals surface area contributed by atoms with E-state index in [1.165, 1.54) is 28.0 Å². The molecule has 3 rings (SSSR count). The third-order valence-electron chi connectivity index (χ3n) is 4.27. The molecule has 130 valence electrons. The van der Waals surface area contributed by atoms with E-state index < -0.39 is 0 Å². The summed E-state index contributed by atoms with van der Waals surface area (Å²) in [5.74, 6) is 0. The van der Waals surface area contributed by atoms with Crippen LogP contribution in [0.2, 0.25) is 0 Å². The summed E-state index contributed by atoms with van der Waals surface area (Å²) in [4.78, 5) is 4.59. The van der Waals surface area contributed by atoms with Crippen molar-refractivity contribution in [1.82, 2.24) is 4.98 Å². The molecule has 0 bridgehead atoms. The molecule has 1 heterocycles. The predicted molar refractivity (Wildman–Crippen MR) is 109 cm³/mol. The Labute approximate surface area is 157 Å². The minimum Gasteiger partial charge on any atom is -0.277 e. The maximum absolute atomic E-state index is 9.45. The van der Waals surface area contributed by atoms with Crippen LogP contribution in [0.3, 0.4) is 0 Å². The summed E-state index contributed by atoms with van der Waals surface area (Å²) in [5, 5.41) is 16.2. The van der Waals surface area contributed by atoms with Gasteiger partial charge in [-0.25, -0.2) is 4.98 Å². The zero-order valence-corrected chi connectivity index (χ0v) is 15.9. The smallest absolute Gasteiger partial charge is 0.196 e. The molecule has 2 aromatic carbocycles. The van der Waals surface area contributed by atoms with Gasteiger partial charge in [-0.2, -0.15) is 10.4 Å². The molecular weight excluding hydrogens is 340 g/mol. The Morgan fingerprint density at radius 3 is 2.58 bits per heavy atom. The molecule has 0 saturated carbocycles. The largest absolute Gasteiger partial charge is 0.277 e. The molecule has 1 aromatic heterocycles. The highest BCUT2D eigenvalue weighted by atomic mass is 32.1. The van der Waals surface area contributed by atoms with Gasteiger partial charge >= 0.3 is 0 Å². The molecule has 4 nitrogen and oxygen atoms in total. The van der Waals surface area contributed by atoms with E-state index in [0.29, 0.717) is 5.01 Å². The van der Waals surface area contributed by atoms with Crippen molar-refractivity contribution in [3.63, 3.8) is 0 Å². The summed E-state index contributed by atoms with van der Waals surface area (Å²) in [5.41, 5.74) is 9.73. The number of anilines is 1. The van der Waals surface area contributed by atoms with Crippen LogP contribution in [0.15, 0.2) is 52.9 Å². The number of hydrogen-bond acceptors (Lipinski definition) is 5. The highest BCUT2D eigenvalue weighted by Gasteiger charge is 2.11. The Morgan fingerprint density at radius 2 is 1.92 bits per heavy atom. The third kappa shape index (κ3) is 3.98. The Balaban J connectivity index is 1.81. The molecule has 0 amide bonds. The second-order valence-corrected chi connectivity index (χ2v) is 6.93. The third-order valence-corrected chi connectivity index (χ3v) is 5.12. The van der Waals surface area contributed by atoms with Crippen LogP contribution >= 0.6 is 11.3 Å². The van der Waals surface area contributed by atoms with E-state index in [2.05, 4.69) is 60.6 Å². The minimum absolute atomic E-state index is 0.282. The Morgan fingerprint density at radius 1 is 1.15 bits per heavy atom. The highest BCUT2D eigenvalue weighted by molar-refractivity contribution is 7.12. The Kier molecular flexibility index (Phi) is 5.45. The van der Waals surface area contributed by atoms with Gasteiger partial charge < -0.3 is 0 Å². The van der Waals surface area contributed by atoms with Crippen LogP contribution in [0.5, 0.6) is 0 Å². The number of aryl methyl sites for hydroxylation is 3. The molecule has 0 saturated heterocycles. The monoisotopic (exact) mass is 360 g/mol. The lowest BCUT2D eigenvalue weighted by atomic mass is 10.1. The van der Waals surface area contributed by atoms with Crippen LogP contribution in [0.25, 0.3) is 11.3 Å². The molecule has 0 spiro atoms. The number of rotatable bonds is 5. The lowest BCUT2D eigenvalue weighted by Crippen LogP contribution is -2.01. The van der Waals surface area contributed by atoms with E-state index in [-0.39, 0.29) is 5.71 Å². The van der Waals surface area contributed by atoms with Gasteiger partial charge in [-0.15, -0.1) is 11.3 Å². The summed E-state index contributed by atoms with van der Waals surface area (Å²) >= 11 is 1.42. The zero-order valence-electron chi connectivity index (χ0n) is 15.1. The average molecular weight is 360 g/mol. The normalized spacial score (nSPS) is 11.2. The van der Waals surface area contributed by atoms with Gasteiger partial charge in [-0.1, -0.05) is 31.2 Å². The van der Waals surface area contributed by atoms with E-state index >= 15 is 0 Å². The number of benzene rings is 2. The van der Waals surface area contributed by atoms with Crippen molar-refractivity contribution in [1.29, 1.82) is 5.26 Å². The van der Waals surface area contributed by atoms with Crippen molar-refractivity contribution in [2.75, 3.05) is 5.43 Å². The predicted octanol–water partition coefficient (Wildman–Crippen LogP) is 5.33. The first-order chi connectivity index (χ1) is 12.6. The number of hydrogen-bond donors (Lipinski definition) is 1. The molecular formula is C21H20N4S. The molecule has 0 aliphatic rings. The second-order valence-electron chi connectivity index (χ2n) is 6.07. The SMILES string of the molecule is CCc1ccc(N/N=C(\C#N)c2nc(-c3ccc(C)c(C)c3)cs2)cc1. The zero-order chi connectivity index (χ0) is 18.5. The number of nitrogens with one attached hydrogen (secondary N) is 1. The van der Waals surface area contributed by atoms with E-state index in [1.54, 1.807) is 0 Å². The molecule has 0 fully saturated rings. The first-order valence-corrected chi connectivity index (χ1v) is 9.35. The Hall–Kier alpha value is -2.97. The van der Waals surface area contributed by atoms with Gasteiger partial charge in [0.15, 0.2) is 10.7 Å². The molecule has 26 heavy (non-hydrogen) atoms. The van der Waals surface area contributed by atoms with Gasteiger partial charge in [-0.3, -0.25) is 5.43 Å². The average Bonchev–Trinajstić information content (AvgIpc) is 3.15. The number of thiazole rings is 1. The van der Waals surface area contributed by atoms with E-state index in [9.17, 15) is 5.26 Å². The Bertz CT molecular complexity index is 978. The molecule has 5 heteroatoms. The van der Waals surface area contributed by atoms with Crippen molar-refractivity contribution >= 4 is 22.7 Å². The van der Waals surface area contributed by atoms with Gasteiger partial charge in [-0.05, 0) is 55.2 Å². The van der Waals surface area contributed by atoms with Gasteiger partial charge in [0.1, 0.15) is 6.07 Å². The molecule has 0 aliphatic carbocycles. The van der Waals surface area contributed by atoms with Crippen molar-refractivity contribution in [2.24, 2.45) is 5.10 Å². The first-order valence-electron chi connectivity index (χ1n) is 8.47. The van der Waals surface area contributed by atoms with Crippen molar-refractivity contribution in [3.05, 3.63) is 69.5 Å². The van der Waals surface area contributed by atoms with Crippen LogP contribution in [0.4, 0.5) is 5.69 Å². The highest BCUT2D eigenvalue weighted by Crippen LogP contribution is 2.24.